The summed E-state index contributed by atoms with van der Waals surface area (Å²) in [6, 6.07) is 4.88. The molecule has 108 valence electrons. The molecule has 1 heterocycles. The molecule has 0 amide bonds. The molecule has 20 heavy (non-hydrogen) atoms. The Bertz CT molecular complexity index is 546. The molecule has 0 saturated carbocycles. The smallest absolute Gasteiger partial charge is 0.356 e. The SMILES string of the molecule is CCCNCc1cnoc1-c1ccc(C(F)(F)F)cc1. The number of hydrogen-bond acceptors (Lipinski definition) is 3. The van der Waals surface area contributed by atoms with Gasteiger partial charge in [-0.05, 0) is 25.1 Å². The van der Waals surface area contributed by atoms with Crippen LogP contribution in [0.1, 0.15) is 24.5 Å². The first-order valence-electron chi connectivity index (χ1n) is 6.34. The summed E-state index contributed by atoms with van der Waals surface area (Å²) in [6.07, 6.45) is -1.75. The van der Waals surface area contributed by atoms with Crippen LogP contribution in [-0.4, -0.2) is 11.7 Å². The Balaban J connectivity index is 2.18. The van der Waals surface area contributed by atoms with Crippen molar-refractivity contribution in [1.82, 2.24) is 10.5 Å². The molecule has 1 N–H and O–H groups in total. The molecule has 0 bridgehead atoms. The van der Waals surface area contributed by atoms with Crippen LogP contribution >= 0.6 is 0 Å². The number of nitrogens with one attached hydrogen (secondary N) is 1. The van der Waals surface area contributed by atoms with Crippen LogP contribution in [0.3, 0.4) is 0 Å². The van der Waals surface area contributed by atoms with E-state index in [-0.39, 0.29) is 0 Å². The first-order valence-corrected chi connectivity index (χ1v) is 6.34. The van der Waals surface area contributed by atoms with E-state index in [1.807, 2.05) is 0 Å². The molecule has 6 heteroatoms. The fourth-order valence-electron chi connectivity index (χ4n) is 1.83. The maximum absolute atomic E-state index is 12.5. The van der Waals surface area contributed by atoms with Gasteiger partial charge in [0.2, 0.25) is 0 Å². The van der Waals surface area contributed by atoms with E-state index in [0.717, 1.165) is 30.7 Å². The minimum absolute atomic E-state index is 0.502. The van der Waals surface area contributed by atoms with Crippen molar-refractivity contribution in [2.24, 2.45) is 0 Å². The van der Waals surface area contributed by atoms with Crippen LogP contribution in [0.5, 0.6) is 0 Å². The predicted molar refractivity (Wildman–Crippen MR) is 68.9 cm³/mol. The third-order valence-corrected chi connectivity index (χ3v) is 2.86. The van der Waals surface area contributed by atoms with Crippen molar-refractivity contribution in [1.29, 1.82) is 0 Å². The second kappa shape index (κ2) is 6.09. The van der Waals surface area contributed by atoms with Gasteiger partial charge in [-0.2, -0.15) is 13.2 Å². The second-order valence-corrected chi connectivity index (χ2v) is 4.43. The maximum atomic E-state index is 12.5. The van der Waals surface area contributed by atoms with Crippen molar-refractivity contribution < 1.29 is 17.7 Å². The number of alkyl halides is 3. The van der Waals surface area contributed by atoms with Gasteiger partial charge >= 0.3 is 6.18 Å². The molecule has 0 spiro atoms. The summed E-state index contributed by atoms with van der Waals surface area (Å²) in [6.45, 7) is 3.49. The number of hydrogen-bond donors (Lipinski definition) is 1. The van der Waals surface area contributed by atoms with Gasteiger partial charge in [-0.3, -0.25) is 0 Å². The van der Waals surface area contributed by atoms with E-state index in [1.54, 1.807) is 6.20 Å². The van der Waals surface area contributed by atoms with Crippen LogP contribution in [0.25, 0.3) is 11.3 Å². The van der Waals surface area contributed by atoms with Crippen molar-refractivity contribution in [3.05, 3.63) is 41.6 Å². The van der Waals surface area contributed by atoms with Gasteiger partial charge in [0.1, 0.15) is 0 Å². The Morgan fingerprint density at radius 3 is 2.50 bits per heavy atom. The summed E-state index contributed by atoms with van der Waals surface area (Å²) < 4.78 is 42.6. The first kappa shape index (κ1) is 14.6. The zero-order valence-corrected chi connectivity index (χ0v) is 11.0. The average Bonchev–Trinajstić information content (AvgIpc) is 2.87. The minimum atomic E-state index is -4.33. The van der Waals surface area contributed by atoms with E-state index < -0.39 is 11.7 Å². The van der Waals surface area contributed by atoms with Gasteiger partial charge in [0.15, 0.2) is 5.76 Å². The molecule has 0 aliphatic heterocycles. The molecule has 0 saturated heterocycles. The molecule has 0 aliphatic carbocycles. The molecule has 2 rings (SSSR count). The Hall–Kier alpha value is -1.82. The molecule has 0 unspecified atom stereocenters. The summed E-state index contributed by atoms with van der Waals surface area (Å²) in [5, 5.41) is 6.91. The molecule has 2 aromatic rings. The number of rotatable bonds is 5. The van der Waals surface area contributed by atoms with Gasteiger partial charge in [-0.15, -0.1) is 0 Å². The highest BCUT2D eigenvalue weighted by Crippen LogP contribution is 2.31. The summed E-state index contributed by atoms with van der Waals surface area (Å²) in [4.78, 5) is 0. The highest BCUT2D eigenvalue weighted by molar-refractivity contribution is 5.61. The highest BCUT2D eigenvalue weighted by Gasteiger charge is 2.30. The Kier molecular flexibility index (Phi) is 4.44. The zero-order valence-electron chi connectivity index (χ0n) is 11.0. The highest BCUT2D eigenvalue weighted by atomic mass is 19.4. The topological polar surface area (TPSA) is 38.1 Å². The first-order chi connectivity index (χ1) is 9.52. The van der Waals surface area contributed by atoms with E-state index in [9.17, 15) is 13.2 Å². The Morgan fingerprint density at radius 1 is 1.20 bits per heavy atom. The van der Waals surface area contributed by atoms with E-state index in [1.165, 1.54) is 12.1 Å². The van der Waals surface area contributed by atoms with Crippen LogP contribution in [0, 0.1) is 0 Å². The van der Waals surface area contributed by atoms with Crippen LogP contribution in [0.15, 0.2) is 35.0 Å². The molecule has 0 aliphatic rings. The van der Waals surface area contributed by atoms with E-state index in [4.69, 9.17) is 4.52 Å². The largest absolute Gasteiger partial charge is 0.416 e. The molecule has 0 atom stereocenters. The quantitative estimate of drug-likeness (QED) is 0.847. The van der Waals surface area contributed by atoms with Crippen molar-refractivity contribution in [2.45, 2.75) is 26.1 Å². The van der Waals surface area contributed by atoms with E-state index in [2.05, 4.69) is 17.4 Å². The van der Waals surface area contributed by atoms with Gasteiger partial charge in [0.05, 0.1) is 11.8 Å². The van der Waals surface area contributed by atoms with Gasteiger partial charge in [0.25, 0.3) is 0 Å². The number of halogens is 3. The van der Waals surface area contributed by atoms with E-state index in [0.29, 0.717) is 17.9 Å². The monoisotopic (exact) mass is 284 g/mol. The predicted octanol–water partition coefficient (Wildman–Crippen LogP) is 3.86. The number of aromatic nitrogens is 1. The average molecular weight is 284 g/mol. The number of benzene rings is 1. The Morgan fingerprint density at radius 2 is 1.90 bits per heavy atom. The second-order valence-electron chi connectivity index (χ2n) is 4.43. The Labute approximate surface area is 114 Å². The van der Waals surface area contributed by atoms with Gasteiger partial charge in [-0.1, -0.05) is 24.2 Å². The molecule has 3 nitrogen and oxygen atoms in total. The lowest BCUT2D eigenvalue weighted by molar-refractivity contribution is -0.137. The van der Waals surface area contributed by atoms with Gasteiger partial charge < -0.3 is 9.84 Å². The third kappa shape index (κ3) is 3.39. The third-order valence-electron chi connectivity index (χ3n) is 2.86. The zero-order chi connectivity index (χ0) is 14.6. The van der Waals surface area contributed by atoms with Crippen molar-refractivity contribution >= 4 is 0 Å². The molecule has 1 aromatic carbocycles. The standard InChI is InChI=1S/C14H15F3N2O/c1-2-7-18-8-11-9-19-20-13(11)10-3-5-12(6-4-10)14(15,16)17/h3-6,9,18H,2,7-8H2,1H3. The lowest BCUT2D eigenvalue weighted by Gasteiger charge is -2.07. The molecule has 0 radical (unpaired) electrons. The molecular weight excluding hydrogens is 269 g/mol. The van der Waals surface area contributed by atoms with Crippen molar-refractivity contribution in [3.63, 3.8) is 0 Å². The van der Waals surface area contributed by atoms with Crippen LogP contribution in [0.2, 0.25) is 0 Å². The molecule has 1 aromatic heterocycles. The number of nitrogens with zero attached hydrogens (tertiary/aromatic N) is 1. The fraction of sp³-hybridized carbons (Fsp3) is 0.357. The minimum Gasteiger partial charge on any atom is -0.356 e. The molecular formula is C14H15F3N2O. The molecule has 0 fully saturated rings. The van der Waals surface area contributed by atoms with Crippen molar-refractivity contribution in [2.75, 3.05) is 6.54 Å². The lowest BCUT2D eigenvalue weighted by atomic mass is 10.1. The normalized spacial score (nSPS) is 11.8. The van der Waals surface area contributed by atoms with Crippen LogP contribution in [0.4, 0.5) is 13.2 Å². The van der Waals surface area contributed by atoms with E-state index >= 15 is 0 Å². The van der Waals surface area contributed by atoms with Crippen LogP contribution in [-0.2, 0) is 12.7 Å². The van der Waals surface area contributed by atoms with Crippen molar-refractivity contribution in [3.8, 4) is 11.3 Å². The summed E-state index contributed by atoms with van der Waals surface area (Å²) >= 11 is 0. The lowest BCUT2D eigenvalue weighted by Crippen LogP contribution is -2.13. The maximum Gasteiger partial charge on any atom is 0.416 e. The fourth-order valence-corrected chi connectivity index (χ4v) is 1.83. The van der Waals surface area contributed by atoms with Gasteiger partial charge in [-0.25, -0.2) is 0 Å². The van der Waals surface area contributed by atoms with Crippen LogP contribution < -0.4 is 5.32 Å². The summed E-state index contributed by atoms with van der Waals surface area (Å²) in [5.74, 6) is 0.502. The summed E-state index contributed by atoms with van der Waals surface area (Å²) in [7, 11) is 0. The summed E-state index contributed by atoms with van der Waals surface area (Å²) in [5.41, 5.74) is 0.744. The van der Waals surface area contributed by atoms with Gasteiger partial charge in [0, 0.05) is 17.7 Å².